The van der Waals surface area contributed by atoms with E-state index >= 15 is 0 Å². The fourth-order valence-corrected chi connectivity index (χ4v) is 2.04. The molecule has 0 amide bonds. The predicted octanol–water partition coefficient (Wildman–Crippen LogP) is 1.56. The molecular formula is C11H22N2. The van der Waals surface area contributed by atoms with Gasteiger partial charge in [0.25, 0.3) is 0 Å². The summed E-state index contributed by atoms with van der Waals surface area (Å²) in [6, 6.07) is 1.76. The normalized spacial score (nSPS) is 26.5. The molecule has 0 atom stereocenters. The number of likely N-dealkylation sites (tertiary alicyclic amines) is 1. The van der Waals surface area contributed by atoms with E-state index in [4.69, 9.17) is 0 Å². The zero-order valence-electron chi connectivity index (χ0n) is 9.38. The zero-order chi connectivity index (χ0) is 9.64. The molecule has 0 bridgehead atoms. The van der Waals surface area contributed by atoms with Crippen LogP contribution in [0.3, 0.4) is 0 Å². The van der Waals surface area contributed by atoms with E-state index in [1.807, 2.05) is 0 Å². The highest BCUT2D eigenvalue weighted by Gasteiger charge is 2.40. The minimum absolute atomic E-state index is 0.376. The minimum atomic E-state index is 0.376. The maximum atomic E-state index is 2.59. The monoisotopic (exact) mass is 182 g/mol. The first-order valence-corrected chi connectivity index (χ1v) is 5.45. The average molecular weight is 182 g/mol. The summed E-state index contributed by atoms with van der Waals surface area (Å²) in [5.74, 6) is 0. The lowest BCUT2D eigenvalue weighted by Crippen LogP contribution is -2.64. The Labute approximate surface area is 81.9 Å². The first-order valence-electron chi connectivity index (χ1n) is 5.45. The summed E-state index contributed by atoms with van der Waals surface area (Å²) < 4.78 is 0. The van der Waals surface area contributed by atoms with Crippen molar-refractivity contribution in [3.8, 4) is 0 Å². The zero-order valence-corrected chi connectivity index (χ0v) is 9.38. The van der Waals surface area contributed by atoms with Crippen LogP contribution in [0.4, 0.5) is 0 Å². The van der Waals surface area contributed by atoms with E-state index in [0.29, 0.717) is 5.54 Å². The highest BCUT2D eigenvalue weighted by molar-refractivity contribution is 4.97. The average Bonchev–Trinajstić information content (AvgIpc) is 2.58. The van der Waals surface area contributed by atoms with Crippen molar-refractivity contribution in [3.05, 3.63) is 0 Å². The van der Waals surface area contributed by atoms with Gasteiger partial charge in [0.05, 0.1) is 0 Å². The third kappa shape index (κ3) is 1.89. The SMILES string of the molecule is CN(C1CC1)C1CN(C(C)(C)C)C1. The van der Waals surface area contributed by atoms with Crippen molar-refractivity contribution in [1.29, 1.82) is 0 Å². The van der Waals surface area contributed by atoms with Crippen LogP contribution < -0.4 is 0 Å². The maximum Gasteiger partial charge on any atom is 0.0350 e. The van der Waals surface area contributed by atoms with Gasteiger partial charge in [-0.15, -0.1) is 0 Å². The number of hydrogen-bond donors (Lipinski definition) is 0. The van der Waals surface area contributed by atoms with Crippen molar-refractivity contribution in [2.24, 2.45) is 0 Å². The second kappa shape index (κ2) is 2.96. The quantitative estimate of drug-likeness (QED) is 0.639. The predicted molar refractivity (Wildman–Crippen MR) is 55.9 cm³/mol. The smallest absolute Gasteiger partial charge is 0.0350 e. The fraction of sp³-hybridized carbons (Fsp3) is 1.00. The van der Waals surface area contributed by atoms with Gasteiger partial charge in [-0.1, -0.05) is 0 Å². The van der Waals surface area contributed by atoms with Crippen molar-refractivity contribution in [2.75, 3.05) is 20.1 Å². The van der Waals surface area contributed by atoms with Crippen LogP contribution in [-0.4, -0.2) is 47.6 Å². The molecule has 2 heteroatoms. The number of hydrogen-bond acceptors (Lipinski definition) is 2. The molecule has 76 valence electrons. The summed E-state index contributed by atoms with van der Waals surface area (Å²) in [4.78, 5) is 5.15. The van der Waals surface area contributed by atoms with Gasteiger partial charge in [0.15, 0.2) is 0 Å². The van der Waals surface area contributed by atoms with Crippen molar-refractivity contribution in [3.63, 3.8) is 0 Å². The van der Waals surface area contributed by atoms with Crippen LogP contribution >= 0.6 is 0 Å². The van der Waals surface area contributed by atoms with Crippen LogP contribution in [0.1, 0.15) is 33.6 Å². The lowest BCUT2D eigenvalue weighted by atomic mass is 9.97. The van der Waals surface area contributed by atoms with Crippen LogP contribution in [0, 0.1) is 0 Å². The van der Waals surface area contributed by atoms with Gasteiger partial charge >= 0.3 is 0 Å². The van der Waals surface area contributed by atoms with Gasteiger partial charge in [-0.2, -0.15) is 0 Å². The van der Waals surface area contributed by atoms with Crippen LogP contribution in [0.5, 0.6) is 0 Å². The molecule has 1 aliphatic heterocycles. The Morgan fingerprint density at radius 2 is 1.62 bits per heavy atom. The van der Waals surface area contributed by atoms with Gasteiger partial charge in [-0.05, 0) is 40.7 Å². The largest absolute Gasteiger partial charge is 0.298 e. The Bertz CT molecular complexity index is 185. The third-order valence-electron chi connectivity index (χ3n) is 3.51. The summed E-state index contributed by atoms with van der Waals surface area (Å²) >= 11 is 0. The molecule has 2 aliphatic rings. The molecule has 0 aromatic carbocycles. The summed E-state index contributed by atoms with van der Waals surface area (Å²) in [5, 5.41) is 0. The first kappa shape index (κ1) is 9.47. The Kier molecular flexibility index (Phi) is 2.16. The standard InChI is InChI=1S/C11H22N2/c1-11(2,3)13-7-10(8-13)12(4)9-5-6-9/h9-10H,5-8H2,1-4H3. The molecule has 0 radical (unpaired) electrons. The van der Waals surface area contributed by atoms with E-state index in [2.05, 4.69) is 37.6 Å². The summed E-state index contributed by atoms with van der Waals surface area (Å²) in [7, 11) is 2.29. The van der Waals surface area contributed by atoms with Crippen molar-refractivity contribution < 1.29 is 0 Å². The molecule has 2 fully saturated rings. The topological polar surface area (TPSA) is 6.48 Å². The number of rotatable bonds is 2. The molecule has 1 saturated carbocycles. The van der Waals surface area contributed by atoms with E-state index in [1.165, 1.54) is 25.9 Å². The summed E-state index contributed by atoms with van der Waals surface area (Å²) in [6.45, 7) is 9.47. The molecule has 1 aliphatic carbocycles. The van der Waals surface area contributed by atoms with E-state index in [1.54, 1.807) is 0 Å². The Hall–Kier alpha value is -0.0800. The van der Waals surface area contributed by atoms with Gasteiger partial charge in [-0.25, -0.2) is 0 Å². The highest BCUT2D eigenvalue weighted by atomic mass is 15.3. The van der Waals surface area contributed by atoms with Gasteiger partial charge in [-0.3, -0.25) is 9.80 Å². The molecule has 2 rings (SSSR count). The van der Waals surface area contributed by atoms with Gasteiger partial charge in [0.1, 0.15) is 0 Å². The van der Waals surface area contributed by atoms with Crippen LogP contribution in [0.25, 0.3) is 0 Å². The van der Waals surface area contributed by atoms with Gasteiger partial charge in [0, 0.05) is 30.7 Å². The second-order valence-corrected chi connectivity index (χ2v) is 5.63. The molecule has 2 nitrogen and oxygen atoms in total. The number of nitrogens with zero attached hydrogens (tertiary/aromatic N) is 2. The third-order valence-corrected chi connectivity index (χ3v) is 3.51. The van der Waals surface area contributed by atoms with Crippen molar-refractivity contribution in [2.45, 2.75) is 51.2 Å². The Morgan fingerprint density at radius 3 is 2.00 bits per heavy atom. The van der Waals surface area contributed by atoms with Gasteiger partial charge in [0.2, 0.25) is 0 Å². The summed E-state index contributed by atoms with van der Waals surface area (Å²) in [6.07, 6.45) is 2.87. The molecule has 1 heterocycles. The molecule has 0 spiro atoms. The Morgan fingerprint density at radius 1 is 1.08 bits per heavy atom. The van der Waals surface area contributed by atoms with Gasteiger partial charge < -0.3 is 0 Å². The van der Waals surface area contributed by atoms with E-state index in [0.717, 1.165) is 12.1 Å². The maximum absolute atomic E-state index is 2.59. The highest BCUT2D eigenvalue weighted by Crippen LogP contribution is 2.31. The van der Waals surface area contributed by atoms with Crippen LogP contribution in [-0.2, 0) is 0 Å². The number of likely N-dealkylation sites (N-methyl/N-ethyl adjacent to an activating group) is 1. The van der Waals surface area contributed by atoms with Crippen molar-refractivity contribution in [1.82, 2.24) is 9.80 Å². The van der Waals surface area contributed by atoms with E-state index in [-0.39, 0.29) is 0 Å². The molecule has 0 aromatic heterocycles. The molecule has 1 saturated heterocycles. The minimum Gasteiger partial charge on any atom is -0.298 e. The van der Waals surface area contributed by atoms with Crippen LogP contribution in [0.15, 0.2) is 0 Å². The van der Waals surface area contributed by atoms with E-state index < -0.39 is 0 Å². The molecule has 0 N–H and O–H groups in total. The lowest BCUT2D eigenvalue weighted by Gasteiger charge is -2.50. The van der Waals surface area contributed by atoms with E-state index in [9.17, 15) is 0 Å². The molecule has 0 unspecified atom stereocenters. The summed E-state index contributed by atoms with van der Waals surface area (Å²) in [5.41, 5.74) is 0.376. The Balaban J connectivity index is 1.77. The lowest BCUT2D eigenvalue weighted by molar-refractivity contribution is -0.0154. The molecule has 0 aromatic rings. The molecular weight excluding hydrogens is 160 g/mol. The molecule has 13 heavy (non-hydrogen) atoms. The fourth-order valence-electron chi connectivity index (χ4n) is 2.04. The second-order valence-electron chi connectivity index (χ2n) is 5.63. The van der Waals surface area contributed by atoms with Crippen LogP contribution in [0.2, 0.25) is 0 Å². The first-order chi connectivity index (χ1) is 5.98. The van der Waals surface area contributed by atoms with Crippen molar-refractivity contribution >= 4 is 0 Å².